The molecule has 0 spiro atoms. The second-order valence-corrected chi connectivity index (χ2v) is 8.69. The van der Waals surface area contributed by atoms with Gasteiger partial charge >= 0.3 is 12.0 Å². The van der Waals surface area contributed by atoms with Crippen molar-refractivity contribution in [2.75, 3.05) is 27.3 Å². The van der Waals surface area contributed by atoms with Gasteiger partial charge < -0.3 is 14.6 Å². The normalized spacial score (nSPS) is 19.9. The molecule has 2 aliphatic heterocycles. The van der Waals surface area contributed by atoms with E-state index in [9.17, 15) is 14.4 Å². The Morgan fingerprint density at radius 3 is 2.47 bits per heavy atom. The summed E-state index contributed by atoms with van der Waals surface area (Å²) in [6.07, 6.45) is 5.73. The van der Waals surface area contributed by atoms with E-state index in [1.807, 2.05) is 23.2 Å². The van der Waals surface area contributed by atoms with Crippen molar-refractivity contribution in [1.82, 2.24) is 20.7 Å². The Bertz CT molecular complexity index is 935. The Kier molecular flexibility index (Phi) is 11.7. The van der Waals surface area contributed by atoms with Crippen molar-refractivity contribution in [3.63, 3.8) is 0 Å². The summed E-state index contributed by atoms with van der Waals surface area (Å²) in [5, 5.41) is 17.1. The molecule has 2 fully saturated rings. The first-order valence-electron chi connectivity index (χ1n) is 12.6. The zero-order valence-corrected chi connectivity index (χ0v) is 22.0. The number of nitrogens with zero attached hydrogens (tertiary/aromatic N) is 2. The molecule has 3 amide bonds. The number of carboxylic acid groups (broad SMARTS) is 1. The lowest BCUT2D eigenvalue weighted by atomic mass is 9.94. The van der Waals surface area contributed by atoms with E-state index in [-0.39, 0.29) is 18.3 Å². The lowest BCUT2D eigenvalue weighted by Gasteiger charge is -2.34. The van der Waals surface area contributed by atoms with Gasteiger partial charge in [0.05, 0.1) is 25.9 Å². The first kappa shape index (κ1) is 29.1. The number of urea groups is 1. The van der Waals surface area contributed by atoms with E-state index < -0.39 is 17.9 Å². The van der Waals surface area contributed by atoms with E-state index in [1.165, 1.54) is 25.0 Å². The Morgan fingerprint density at radius 1 is 1.19 bits per heavy atom. The SMILES string of the molecule is CCC(=O)O.CCCCC(CC)CC1NCCN1N1C(=O)NC(=O)C1=C(OC)c1ccccc1OC. The number of carboxylic acids is 1. The zero-order valence-electron chi connectivity index (χ0n) is 22.0. The quantitative estimate of drug-likeness (QED) is 0.236. The Hall–Kier alpha value is -3.11. The predicted octanol–water partition coefficient (Wildman–Crippen LogP) is 3.80. The predicted molar refractivity (Wildman–Crippen MR) is 137 cm³/mol. The van der Waals surface area contributed by atoms with Crippen LogP contribution < -0.4 is 15.4 Å². The molecule has 0 aliphatic carbocycles. The number of hydrogen-bond donors (Lipinski definition) is 3. The number of hydrogen-bond acceptors (Lipinski definition) is 7. The van der Waals surface area contributed by atoms with Crippen molar-refractivity contribution < 1.29 is 29.0 Å². The third-order valence-corrected chi connectivity index (χ3v) is 6.35. The largest absolute Gasteiger partial charge is 0.496 e. The van der Waals surface area contributed by atoms with Gasteiger partial charge in [0.15, 0.2) is 11.5 Å². The molecular formula is C26H40N4O6. The first-order valence-corrected chi connectivity index (χ1v) is 12.6. The van der Waals surface area contributed by atoms with Crippen molar-refractivity contribution in [3.05, 3.63) is 35.5 Å². The number of benzene rings is 1. The van der Waals surface area contributed by atoms with Gasteiger partial charge in [0, 0.05) is 19.5 Å². The van der Waals surface area contributed by atoms with Crippen LogP contribution in [0, 0.1) is 5.92 Å². The summed E-state index contributed by atoms with van der Waals surface area (Å²) in [7, 11) is 3.07. The summed E-state index contributed by atoms with van der Waals surface area (Å²) in [4.78, 5) is 35.1. The van der Waals surface area contributed by atoms with Crippen LogP contribution in [0.1, 0.15) is 64.9 Å². The van der Waals surface area contributed by atoms with Crippen LogP contribution in [0.25, 0.3) is 5.76 Å². The van der Waals surface area contributed by atoms with Crippen LogP contribution in [0.5, 0.6) is 5.75 Å². The van der Waals surface area contributed by atoms with Gasteiger partial charge in [-0.25, -0.2) is 9.80 Å². The number of hydrazine groups is 1. The number of methoxy groups -OCH3 is 2. The molecule has 3 rings (SSSR count). The lowest BCUT2D eigenvalue weighted by molar-refractivity contribution is -0.136. The van der Waals surface area contributed by atoms with E-state index in [2.05, 4.69) is 24.5 Å². The number of amides is 3. The van der Waals surface area contributed by atoms with Crippen molar-refractivity contribution in [1.29, 1.82) is 0 Å². The lowest BCUT2D eigenvalue weighted by Crippen LogP contribution is -2.49. The van der Waals surface area contributed by atoms with Crippen LogP contribution in [0.3, 0.4) is 0 Å². The number of carbonyl (C=O) groups is 3. The molecule has 0 aromatic heterocycles. The first-order chi connectivity index (χ1) is 17.3. The fraction of sp³-hybridized carbons (Fsp3) is 0.577. The van der Waals surface area contributed by atoms with Crippen LogP contribution in [-0.2, 0) is 14.3 Å². The molecule has 10 heteroatoms. The third kappa shape index (κ3) is 7.20. The molecule has 2 aliphatic rings. The molecule has 2 saturated heterocycles. The van der Waals surface area contributed by atoms with Gasteiger partial charge in [-0.2, -0.15) is 5.01 Å². The van der Waals surface area contributed by atoms with Gasteiger partial charge in [0.2, 0.25) is 0 Å². The van der Waals surface area contributed by atoms with E-state index in [0.29, 0.717) is 29.5 Å². The molecular weight excluding hydrogens is 464 g/mol. The maximum Gasteiger partial charge on any atom is 0.344 e. The monoisotopic (exact) mass is 504 g/mol. The standard InChI is InChI=1S/C23H34N4O4.C3H6O2/c1-5-7-10-16(6-2)15-19-24-13-14-26(19)27-20(22(28)25-23(27)29)21(31-4)17-11-8-9-12-18(17)30-3;1-2-3(4)5/h8-9,11-12,16,19,24H,5-7,10,13-15H2,1-4H3,(H,25,28,29);2H2,1H3,(H,4,5). The van der Waals surface area contributed by atoms with Crippen molar-refractivity contribution in [2.45, 2.75) is 65.5 Å². The number of unbranched alkanes of at least 4 members (excludes halogenated alkanes) is 1. The minimum absolute atomic E-state index is 0.0239. The minimum atomic E-state index is -0.745. The van der Waals surface area contributed by atoms with Crippen LogP contribution in [0.4, 0.5) is 4.79 Å². The number of para-hydroxylation sites is 1. The van der Waals surface area contributed by atoms with E-state index in [4.69, 9.17) is 14.6 Å². The number of carbonyl (C=O) groups excluding carboxylic acids is 2. The second kappa shape index (κ2) is 14.4. The zero-order chi connectivity index (χ0) is 26.7. The maximum absolute atomic E-state index is 12.9. The Balaban J connectivity index is 0.000000830. The summed E-state index contributed by atoms with van der Waals surface area (Å²) in [6, 6.07) is 6.85. The molecule has 1 aromatic rings. The summed E-state index contributed by atoms with van der Waals surface area (Å²) in [6.45, 7) is 7.39. The number of ether oxygens (including phenoxy) is 2. The average molecular weight is 505 g/mol. The molecule has 0 bridgehead atoms. The Labute approximate surface area is 213 Å². The van der Waals surface area contributed by atoms with Gasteiger partial charge in [0.1, 0.15) is 5.75 Å². The number of aliphatic carboxylic acids is 1. The highest BCUT2D eigenvalue weighted by atomic mass is 16.5. The number of imide groups is 1. The molecule has 36 heavy (non-hydrogen) atoms. The molecule has 200 valence electrons. The summed E-state index contributed by atoms with van der Waals surface area (Å²) >= 11 is 0. The average Bonchev–Trinajstić information content (AvgIpc) is 3.45. The van der Waals surface area contributed by atoms with E-state index >= 15 is 0 Å². The molecule has 2 atom stereocenters. The van der Waals surface area contributed by atoms with Gasteiger partial charge in [-0.1, -0.05) is 58.6 Å². The highest BCUT2D eigenvalue weighted by Gasteiger charge is 2.44. The summed E-state index contributed by atoms with van der Waals surface area (Å²) in [5.41, 5.74) is 0.808. The topological polar surface area (TPSA) is 120 Å². The molecule has 1 aromatic carbocycles. The summed E-state index contributed by atoms with van der Waals surface area (Å²) in [5.74, 6) is 0.217. The number of rotatable bonds is 11. The molecule has 3 N–H and O–H groups in total. The van der Waals surface area contributed by atoms with Crippen molar-refractivity contribution in [2.24, 2.45) is 5.92 Å². The maximum atomic E-state index is 12.9. The molecule has 10 nitrogen and oxygen atoms in total. The second-order valence-electron chi connectivity index (χ2n) is 8.69. The summed E-state index contributed by atoms with van der Waals surface area (Å²) < 4.78 is 11.1. The fourth-order valence-corrected chi connectivity index (χ4v) is 4.37. The van der Waals surface area contributed by atoms with Gasteiger partial charge in [0.25, 0.3) is 5.91 Å². The minimum Gasteiger partial charge on any atom is -0.496 e. The van der Waals surface area contributed by atoms with Crippen LogP contribution in [-0.4, -0.2) is 66.5 Å². The number of nitrogens with one attached hydrogen (secondary N) is 2. The highest BCUT2D eigenvalue weighted by Crippen LogP contribution is 2.34. The van der Waals surface area contributed by atoms with Gasteiger partial charge in [-0.05, 0) is 24.5 Å². The Morgan fingerprint density at radius 2 is 1.89 bits per heavy atom. The molecule has 0 radical (unpaired) electrons. The molecule has 0 saturated carbocycles. The van der Waals surface area contributed by atoms with Crippen LogP contribution in [0.15, 0.2) is 30.0 Å². The van der Waals surface area contributed by atoms with Crippen molar-refractivity contribution in [3.8, 4) is 5.75 Å². The van der Waals surface area contributed by atoms with Gasteiger partial charge in [-0.3, -0.25) is 20.2 Å². The van der Waals surface area contributed by atoms with Crippen molar-refractivity contribution >= 4 is 23.7 Å². The third-order valence-electron chi connectivity index (χ3n) is 6.35. The van der Waals surface area contributed by atoms with Crippen LogP contribution in [0.2, 0.25) is 0 Å². The van der Waals surface area contributed by atoms with Crippen LogP contribution >= 0.6 is 0 Å². The highest BCUT2D eigenvalue weighted by molar-refractivity contribution is 6.15. The van der Waals surface area contributed by atoms with E-state index in [0.717, 1.165) is 25.8 Å². The van der Waals surface area contributed by atoms with E-state index in [1.54, 1.807) is 20.1 Å². The molecule has 2 heterocycles. The van der Waals surface area contributed by atoms with Gasteiger partial charge in [-0.15, -0.1) is 0 Å². The smallest absolute Gasteiger partial charge is 0.344 e. The molecule has 2 unspecified atom stereocenters. The fourth-order valence-electron chi connectivity index (χ4n) is 4.37.